The Hall–Kier alpha value is -0.0600. The Morgan fingerprint density at radius 2 is 1.80 bits per heavy atom. The molecule has 1 aliphatic carbocycles. The van der Waals surface area contributed by atoms with Crippen LogP contribution in [-0.2, 0) is 9.59 Å². The summed E-state index contributed by atoms with van der Waals surface area (Å²) in [6, 6.07) is 0. The number of carbonyl (C=O) groups excluding carboxylic acids is 2. The van der Waals surface area contributed by atoms with E-state index in [2.05, 4.69) is 0 Å². The smallest absolute Gasteiger partial charge is 0.549 e. The van der Waals surface area contributed by atoms with E-state index in [1.54, 1.807) is 0 Å². The van der Waals surface area contributed by atoms with Crippen molar-refractivity contribution in [2.24, 2.45) is 11.1 Å². The molecule has 0 aliphatic heterocycles. The van der Waals surface area contributed by atoms with E-state index in [-0.39, 0.29) is 29.6 Å². The number of rotatable bonds is 2. The van der Waals surface area contributed by atoms with Gasteiger partial charge in [0.1, 0.15) is 0 Å². The number of amides is 1. The van der Waals surface area contributed by atoms with Crippen LogP contribution in [0.25, 0.3) is 0 Å². The van der Waals surface area contributed by atoms with Crippen molar-refractivity contribution < 1.29 is 44.3 Å². The summed E-state index contributed by atoms with van der Waals surface area (Å²) < 4.78 is 0. The van der Waals surface area contributed by atoms with E-state index in [4.69, 9.17) is 5.73 Å². The summed E-state index contributed by atoms with van der Waals surface area (Å²) in [6.45, 7) is 0. The van der Waals surface area contributed by atoms with Crippen LogP contribution in [0.5, 0.6) is 0 Å². The van der Waals surface area contributed by atoms with Gasteiger partial charge < -0.3 is 15.6 Å². The molecule has 1 rings (SSSR count). The molecule has 1 saturated carbocycles. The van der Waals surface area contributed by atoms with Crippen molar-refractivity contribution in [1.29, 1.82) is 0 Å². The summed E-state index contributed by atoms with van der Waals surface area (Å²) in [7, 11) is 0. The molecule has 2 N–H and O–H groups in total. The number of carboxylic acid groups (broad SMARTS) is 1. The number of hydrogen-bond donors (Lipinski definition) is 1. The van der Waals surface area contributed by atoms with Crippen LogP contribution < -0.4 is 40.4 Å². The minimum Gasteiger partial charge on any atom is -0.549 e. The molecule has 0 atom stereocenters. The van der Waals surface area contributed by atoms with Crippen molar-refractivity contribution in [3.8, 4) is 0 Å². The first-order chi connectivity index (χ1) is 4.09. The Kier molecular flexibility index (Phi) is 2.88. The second kappa shape index (κ2) is 2.90. The molecule has 1 amide bonds. The summed E-state index contributed by atoms with van der Waals surface area (Å²) in [5, 5.41) is 10.1. The van der Waals surface area contributed by atoms with Crippen LogP contribution in [0.3, 0.4) is 0 Å². The van der Waals surface area contributed by atoms with Gasteiger partial charge in [-0.15, -0.1) is 0 Å². The molecular weight excluding hydrogens is 145 g/mol. The summed E-state index contributed by atoms with van der Waals surface area (Å²) in [6.07, 6.45) is 0.676. The number of hydrogen-bond acceptors (Lipinski definition) is 3. The van der Waals surface area contributed by atoms with Gasteiger partial charge in [0.25, 0.3) is 0 Å². The van der Waals surface area contributed by atoms with Crippen molar-refractivity contribution in [3.63, 3.8) is 0 Å². The van der Waals surface area contributed by atoms with Crippen molar-refractivity contribution in [2.45, 2.75) is 12.8 Å². The van der Waals surface area contributed by atoms with Gasteiger partial charge in [0.2, 0.25) is 5.91 Å². The van der Waals surface area contributed by atoms with Gasteiger partial charge in [-0.1, -0.05) is 0 Å². The fourth-order valence-corrected chi connectivity index (χ4v) is 0.676. The van der Waals surface area contributed by atoms with Gasteiger partial charge in [-0.05, 0) is 12.8 Å². The van der Waals surface area contributed by atoms with E-state index in [0.29, 0.717) is 12.8 Å². The molecule has 1 aliphatic rings. The Morgan fingerprint density at radius 1 is 1.40 bits per heavy atom. The quantitative estimate of drug-likeness (QED) is 0.317. The van der Waals surface area contributed by atoms with Gasteiger partial charge >= 0.3 is 29.6 Å². The summed E-state index contributed by atoms with van der Waals surface area (Å²) in [4.78, 5) is 20.4. The molecule has 0 aromatic rings. The monoisotopic (exact) mass is 151 g/mol. The molecule has 0 saturated heterocycles. The minimum atomic E-state index is -1.34. The number of aliphatic carboxylic acids is 1. The van der Waals surface area contributed by atoms with E-state index in [1.807, 2.05) is 0 Å². The maximum Gasteiger partial charge on any atom is 1.00 e. The van der Waals surface area contributed by atoms with Crippen LogP contribution in [0.2, 0.25) is 0 Å². The SMILES string of the molecule is NC(=O)C1(C(=O)[O-])CC1.[Na+]. The normalized spacial score (nSPS) is 18.8. The molecular formula is C5H6NNaO3. The Balaban J connectivity index is 0.000000810. The molecule has 1 fully saturated rings. The Labute approximate surface area is 80.1 Å². The zero-order valence-electron chi connectivity index (χ0n) is 5.72. The molecule has 0 bridgehead atoms. The molecule has 0 radical (unpaired) electrons. The standard InChI is InChI=1S/C5H7NO3.Na/c6-3(7)5(1-2-5)4(8)9;/h1-2H2,(H2,6,7)(H,8,9);/q;+1/p-1. The second-order valence-electron chi connectivity index (χ2n) is 2.23. The number of carbonyl (C=O) groups is 2. The zero-order chi connectivity index (χ0) is 7.07. The van der Waals surface area contributed by atoms with Crippen LogP contribution >= 0.6 is 0 Å². The fraction of sp³-hybridized carbons (Fsp3) is 0.600. The summed E-state index contributed by atoms with van der Waals surface area (Å²) >= 11 is 0. The molecule has 0 aromatic heterocycles. The van der Waals surface area contributed by atoms with Crippen molar-refractivity contribution in [1.82, 2.24) is 0 Å². The number of nitrogens with two attached hydrogens (primary N) is 1. The number of carboxylic acids is 1. The van der Waals surface area contributed by atoms with Crippen molar-refractivity contribution in [2.75, 3.05) is 0 Å². The summed E-state index contributed by atoms with van der Waals surface area (Å²) in [5.74, 6) is -2.11. The third-order valence-corrected chi connectivity index (χ3v) is 1.61. The molecule has 5 heteroatoms. The average Bonchev–Trinajstić information content (AvgIpc) is 2.40. The zero-order valence-corrected chi connectivity index (χ0v) is 7.72. The number of primary amides is 1. The van der Waals surface area contributed by atoms with E-state index in [9.17, 15) is 14.7 Å². The third-order valence-electron chi connectivity index (χ3n) is 1.61. The van der Waals surface area contributed by atoms with Gasteiger partial charge in [-0.25, -0.2) is 0 Å². The van der Waals surface area contributed by atoms with Crippen LogP contribution in [0.15, 0.2) is 0 Å². The summed E-state index contributed by atoms with van der Waals surface area (Å²) in [5.41, 5.74) is 3.47. The molecule has 10 heavy (non-hydrogen) atoms. The van der Waals surface area contributed by atoms with Gasteiger partial charge in [-0.2, -0.15) is 0 Å². The Bertz CT molecular complexity index is 160. The second-order valence-corrected chi connectivity index (χ2v) is 2.23. The fourth-order valence-electron chi connectivity index (χ4n) is 0.676. The molecule has 0 spiro atoms. The van der Waals surface area contributed by atoms with Crippen LogP contribution in [0.1, 0.15) is 12.8 Å². The minimum absolute atomic E-state index is 0. The molecule has 4 nitrogen and oxygen atoms in total. The molecule has 0 unspecified atom stereocenters. The van der Waals surface area contributed by atoms with E-state index < -0.39 is 17.3 Å². The van der Waals surface area contributed by atoms with Gasteiger partial charge in [0, 0.05) is 0 Å². The third kappa shape index (κ3) is 1.33. The van der Waals surface area contributed by atoms with E-state index >= 15 is 0 Å². The van der Waals surface area contributed by atoms with Crippen molar-refractivity contribution >= 4 is 11.9 Å². The van der Waals surface area contributed by atoms with E-state index in [0.717, 1.165) is 0 Å². The molecule has 0 heterocycles. The predicted molar refractivity (Wildman–Crippen MR) is 25.9 cm³/mol. The van der Waals surface area contributed by atoms with Crippen molar-refractivity contribution in [3.05, 3.63) is 0 Å². The van der Waals surface area contributed by atoms with Crippen LogP contribution in [-0.4, -0.2) is 11.9 Å². The van der Waals surface area contributed by atoms with Crippen LogP contribution in [0.4, 0.5) is 0 Å². The predicted octanol–water partition coefficient (Wildman–Crippen LogP) is -4.99. The molecule has 50 valence electrons. The topological polar surface area (TPSA) is 83.2 Å². The first-order valence-electron chi connectivity index (χ1n) is 2.61. The van der Waals surface area contributed by atoms with E-state index in [1.165, 1.54) is 0 Å². The van der Waals surface area contributed by atoms with Gasteiger partial charge in [-0.3, -0.25) is 4.79 Å². The first-order valence-corrected chi connectivity index (χ1v) is 2.61. The van der Waals surface area contributed by atoms with Gasteiger partial charge in [0.15, 0.2) is 0 Å². The average molecular weight is 151 g/mol. The largest absolute Gasteiger partial charge is 1.00 e. The van der Waals surface area contributed by atoms with Crippen LogP contribution in [0, 0.1) is 5.41 Å². The maximum atomic E-state index is 10.3. The first kappa shape index (κ1) is 9.94. The Morgan fingerprint density at radius 3 is 1.80 bits per heavy atom. The molecule has 0 aromatic carbocycles. The maximum absolute atomic E-state index is 10.3. The van der Waals surface area contributed by atoms with Gasteiger partial charge in [0.05, 0.1) is 11.4 Å².